The van der Waals surface area contributed by atoms with E-state index in [1.165, 1.54) is 12.1 Å². The van der Waals surface area contributed by atoms with Crippen LogP contribution in [0.15, 0.2) is 52.9 Å². The zero-order valence-corrected chi connectivity index (χ0v) is 13.3. The fourth-order valence-electron chi connectivity index (χ4n) is 2.06. The first-order valence-electron chi connectivity index (χ1n) is 7.24. The molecule has 1 N–H and O–H groups in total. The Labute approximate surface area is 142 Å². The molecular weight excluding hydrogens is 333 g/mol. The molecule has 0 aliphatic carbocycles. The molecule has 1 amide bonds. The van der Waals surface area contributed by atoms with E-state index in [2.05, 4.69) is 15.5 Å². The molecule has 0 atom stereocenters. The van der Waals surface area contributed by atoms with Crippen LogP contribution in [0.1, 0.15) is 12.3 Å². The number of amides is 1. The number of aromatic nitrogens is 2. The Morgan fingerprint density at radius 1 is 1.12 bits per heavy atom. The molecule has 1 aromatic heterocycles. The van der Waals surface area contributed by atoms with Gasteiger partial charge in [-0.15, -0.1) is 10.2 Å². The van der Waals surface area contributed by atoms with Gasteiger partial charge < -0.3 is 9.73 Å². The molecule has 3 aromatic rings. The van der Waals surface area contributed by atoms with Gasteiger partial charge in [0.1, 0.15) is 5.82 Å². The number of carbonyl (C=O) groups excluding carboxylic acids is 1. The fourth-order valence-corrected chi connectivity index (χ4v) is 2.24. The van der Waals surface area contributed by atoms with Crippen molar-refractivity contribution >= 4 is 23.2 Å². The highest BCUT2D eigenvalue weighted by Gasteiger charge is 2.11. The lowest BCUT2D eigenvalue weighted by Crippen LogP contribution is -2.12. The zero-order valence-electron chi connectivity index (χ0n) is 12.5. The van der Waals surface area contributed by atoms with Crippen LogP contribution in [0.3, 0.4) is 0 Å². The van der Waals surface area contributed by atoms with E-state index in [1.54, 1.807) is 36.4 Å². The van der Waals surface area contributed by atoms with Crippen LogP contribution in [0, 0.1) is 5.82 Å². The van der Waals surface area contributed by atoms with E-state index in [-0.39, 0.29) is 24.0 Å². The number of hydrogen-bond donors (Lipinski definition) is 1. The van der Waals surface area contributed by atoms with Gasteiger partial charge in [-0.25, -0.2) is 4.39 Å². The van der Waals surface area contributed by atoms with E-state index in [4.69, 9.17) is 16.0 Å². The van der Waals surface area contributed by atoms with Crippen LogP contribution in [0.4, 0.5) is 10.1 Å². The smallest absolute Gasteiger partial charge is 0.247 e. The Hall–Kier alpha value is -2.73. The molecular formula is C17H13ClFN3O2. The Bertz CT molecular complexity index is 849. The zero-order chi connectivity index (χ0) is 16.9. The number of para-hydroxylation sites is 1. The van der Waals surface area contributed by atoms with Gasteiger partial charge in [0.25, 0.3) is 0 Å². The summed E-state index contributed by atoms with van der Waals surface area (Å²) in [5, 5.41) is 11.0. The van der Waals surface area contributed by atoms with Crippen molar-refractivity contribution in [2.75, 3.05) is 5.32 Å². The fraction of sp³-hybridized carbons (Fsp3) is 0.118. The van der Waals surface area contributed by atoms with Crippen LogP contribution in [0.2, 0.25) is 5.02 Å². The maximum atomic E-state index is 12.9. The summed E-state index contributed by atoms with van der Waals surface area (Å²) in [7, 11) is 0. The van der Waals surface area contributed by atoms with Gasteiger partial charge in [-0.3, -0.25) is 4.79 Å². The van der Waals surface area contributed by atoms with Crippen molar-refractivity contribution in [2.45, 2.75) is 12.8 Å². The lowest BCUT2D eigenvalue weighted by Gasteiger charge is -2.05. The monoisotopic (exact) mass is 345 g/mol. The van der Waals surface area contributed by atoms with Crippen molar-refractivity contribution in [2.24, 2.45) is 0 Å². The molecule has 0 unspecified atom stereocenters. The minimum absolute atomic E-state index is 0.177. The van der Waals surface area contributed by atoms with Gasteiger partial charge in [-0.2, -0.15) is 0 Å². The van der Waals surface area contributed by atoms with Crippen LogP contribution in [0.25, 0.3) is 11.5 Å². The van der Waals surface area contributed by atoms with Crippen molar-refractivity contribution in [1.29, 1.82) is 0 Å². The molecule has 0 aliphatic heterocycles. The number of rotatable bonds is 5. The lowest BCUT2D eigenvalue weighted by atomic mass is 10.2. The van der Waals surface area contributed by atoms with Crippen molar-refractivity contribution in [1.82, 2.24) is 10.2 Å². The number of anilines is 1. The number of aryl methyl sites for hydroxylation is 1. The van der Waals surface area contributed by atoms with E-state index >= 15 is 0 Å². The van der Waals surface area contributed by atoms with Gasteiger partial charge in [0, 0.05) is 18.4 Å². The molecule has 0 bridgehead atoms. The Balaban J connectivity index is 1.58. The summed E-state index contributed by atoms with van der Waals surface area (Å²) in [6.45, 7) is 0. The average Bonchev–Trinajstić information content (AvgIpc) is 3.05. The molecule has 0 radical (unpaired) electrons. The normalized spacial score (nSPS) is 10.6. The molecule has 0 aliphatic rings. The second-order valence-electron chi connectivity index (χ2n) is 5.04. The third-order valence-corrected chi connectivity index (χ3v) is 3.60. The van der Waals surface area contributed by atoms with Gasteiger partial charge in [0.05, 0.1) is 10.7 Å². The second kappa shape index (κ2) is 7.23. The summed E-state index contributed by atoms with van der Waals surface area (Å²) in [5.74, 6) is 0.0829. The highest BCUT2D eigenvalue weighted by molar-refractivity contribution is 6.33. The topological polar surface area (TPSA) is 68.0 Å². The molecule has 0 saturated heterocycles. The Kier molecular flexibility index (Phi) is 4.86. The summed E-state index contributed by atoms with van der Waals surface area (Å²) in [4.78, 5) is 12.0. The van der Waals surface area contributed by atoms with E-state index in [0.717, 1.165) is 0 Å². The summed E-state index contributed by atoms with van der Waals surface area (Å²) < 4.78 is 18.4. The first kappa shape index (κ1) is 16.1. The Morgan fingerprint density at radius 2 is 1.88 bits per heavy atom. The molecule has 0 saturated carbocycles. The number of halogens is 2. The number of benzene rings is 2. The summed E-state index contributed by atoms with van der Waals surface area (Å²) in [6.07, 6.45) is 0.473. The number of carbonyl (C=O) groups is 1. The SMILES string of the molecule is O=C(CCc1nnc(-c2ccc(F)cc2)o1)Nc1ccccc1Cl. The predicted octanol–water partition coefficient (Wildman–Crippen LogP) is 4.10. The summed E-state index contributed by atoms with van der Waals surface area (Å²) in [6, 6.07) is 12.7. The van der Waals surface area contributed by atoms with Crippen LogP contribution < -0.4 is 5.32 Å². The highest BCUT2D eigenvalue weighted by atomic mass is 35.5. The molecule has 2 aromatic carbocycles. The third kappa shape index (κ3) is 3.97. The maximum Gasteiger partial charge on any atom is 0.247 e. The summed E-state index contributed by atoms with van der Waals surface area (Å²) >= 11 is 5.99. The second-order valence-corrected chi connectivity index (χ2v) is 5.44. The van der Waals surface area contributed by atoms with Gasteiger partial charge >= 0.3 is 0 Å². The Morgan fingerprint density at radius 3 is 2.62 bits per heavy atom. The van der Waals surface area contributed by atoms with Crippen molar-refractivity contribution in [3.63, 3.8) is 0 Å². The molecule has 1 heterocycles. The van der Waals surface area contributed by atoms with Crippen LogP contribution in [-0.4, -0.2) is 16.1 Å². The molecule has 5 nitrogen and oxygen atoms in total. The van der Waals surface area contributed by atoms with Crippen LogP contribution in [0.5, 0.6) is 0 Å². The molecule has 0 spiro atoms. The van der Waals surface area contributed by atoms with E-state index < -0.39 is 0 Å². The van der Waals surface area contributed by atoms with E-state index in [1.807, 2.05) is 0 Å². The maximum absolute atomic E-state index is 12.9. The standard InChI is InChI=1S/C17H13ClFN3O2/c18-13-3-1-2-4-14(13)20-15(23)9-10-16-21-22-17(24-16)11-5-7-12(19)8-6-11/h1-8H,9-10H2,(H,20,23). The van der Waals surface area contributed by atoms with Crippen LogP contribution >= 0.6 is 11.6 Å². The van der Waals surface area contributed by atoms with Crippen molar-refractivity contribution in [3.8, 4) is 11.5 Å². The van der Waals surface area contributed by atoms with Gasteiger partial charge in [0.15, 0.2) is 0 Å². The van der Waals surface area contributed by atoms with Gasteiger partial charge in [-0.1, -0.05) is 23.7 Å². The average molecular weight is 346 g/mol. The first-order chi connectivity index (χ1) is 11.6. The number of hydrogen-bond acceptors (Lipinski definition) is 4. The first-order valence-corrected chi connectivity index (χ1v) is 7.62. The molecule has 0 fully saturated rings. The van der Waals surface area contributed by atoms with E-state index in [9.17, 15) is 9.18 Å². The highest BCUT2D eigenvalue weighted by Crippen LogP contribution is 2.21. The van der Waals surface area contributed by atoms with E-state index in [0.29, 0.717) is 28.6 Å². The summed E-state index contributed by atoms with van der Waals surface area (Å²) in [5.41, 5.74) is 1.18. The molecule has 3 rings (SSSR count). The third-order valence-electron chi connectivity index (χ3n) is 3.27. The van der Waals surface area contributed by atoms with Crippen LogP contribution in [-0.2, 0) is 11.2 Å². The van der Waals surface area contributed by atoms with Crippen molar-refractivity contribution < 1.29 is 13.6 Å². The minimum Gasteiger partial charge on any atom is -0.421 e. The minimum atomic E-state index is -0.338. The van der Waals surface area contributed by atoms with Gasteiger partial charge in [0.2, 0.25) is 17.7 Å². The lowest BCUT2D eigenvalue weighted by molar-refractivity contribution is -0.116. The van der Waals surface area contributed by atoms with Crippen molar-refractivity contribution in [3.05, 3.63) is 65.3 Å². The largest absolute Gasteiger partial charge is 0.421 e. The quantitative estimate of drug-likeness (QED) is 0.756. The van der Waals surface area contributed by atoms with Gasteiger partial charge in [-0.05, 0) is 36.4 Å². The molecule has 24 heavy (non-hydrogen) atoms. The predicted molar refractivity (Wildman–Crippen MR) is 88.1 cm³/mol. The molecule has 7 heteroatoms. The molecule has 122 valence electrons. The number of nitrogens with one attached hydrogen (secondary N) is 1. The number of nitrogens with zero attached hydrogens (tertiary/aromatic N) is 2.